The van der Waals surface area contributed by atoms with Gasteiger partial charge in [-0.25, -0.2) is 0 Å². The van der Waals surface area contributed by atoms with Crippen molar-refractivity contribution in [3.63, 3.8) is 0 Å². The zero-order valence-electron chi connectivity index (χ0n) is 12.8. The summed E-state index contributed by atoms with van der Waals surface area (Å²) in [5.74, 6) is 2.24. The van der Waals surface area contributed by atoms with Crippen LogP contribution in [0.15, 0.2) is 36.4 Å². The maximum absolute atomic E-state index is 6.43. The van der Waals surface area contributed by atoms with Gasteiger partial charge in [-0.15, -0.1) is 0 Å². The second-order valence-corrected chi connectivity index (χ2v) is 4.78. The fraction of sp³-hybridized carbons (Fsp3) is 0.294. The molecule has 4 nitrogen and oxygen atoms in total. The highest BCUT2D eigenvalue weighted by Gasteiger charge is 2.19. The van der Waals surface area contributed by atoms with E-state index >= 15 is 0 Å². The predicted octanol–water partition coefficient (Wildman–Crippen LogP) is 3.07. The summed E-state index contributed by atoms with van der Waals surface area (Å²) in [6, 6.07) is 11.2. The zero-order valence-corrected chi connectivity index (χ0v) is 12.8. The summed E-state index contributed by atoms with van der Waals surface area (Å²) in [6.07, 6.45) is 0. The van der Waals surface area contributed by atoms with Crippen molar-refractivity contribution in [2.45, 2.75) is 13.0 Å². The molecule has 0 aliphatic carbocycles. The van der Waals surface area contributed by atoms with E-state index in [1.54, 1.807) is 21.3 Å². The van der Waals surface area contributed by atoms with Crippen molar-refractivity contribution >= 4 is 0 Å². The highest BCUT2D eigenvalue weighted by atomic mass is 16.5. The first-order valence-corrected chi connectivity index (χ1v) is 6.73. The number of methoxy groups -OCH3 is 3. The third-order valence-electron chi connectivity index (χ3n) is 3.57. The number of aryl methyl sites for hydroxylation is 1. The summed E-state index contributed by atoms with van der Waals surface area (Å²) in [6.45, 7) is 2.00. The van der Waals surface area contributed by atoms with Gasteiger partial charge in [0.1, 0.15) is 17.2 Å². The Hall–Kier alpha value is -2.20. The summed E-state index contributed by atoms with van der Waals surface area (Å²) in [4.78, 5) is 0. The molecule has 0 saturated heterocycles. The minimum atomic E-state index is -0.356. The van der Waals surface area contributed by atoms with Crippen molar-refractivity contribution in [3.8, 4) is 17.2 Å². The van der Waals surface area contributed by atoms with Crippen LogP contribution in [0.1, 0.15) is 22.7 Å². The zero-order chi connectivity index (χ0) is 15.4. The molecule has 4 heteroatoms. The fourth-order valence-electron chi connectivity index (χ4n) is 2.38. The van der Waals surface area contributed by atoms with Gasteiger partial charge in [0.2, 0.25) is 0 Å². The van der Waals surface area contributed by atoms with Crippen LogP contribution in [-0.4, -0.2) is 21.3 Å². The lowest BCUT2D eigenvalue weighted by atomic mass is 9.96. The third-order valence-corrected chi connectivity index (χ3v) is 3.57. The molecule has 1 unspecified atom stereocenters. The number of rotatable bonds is 5. The average Bonchev–Trinajstić information content (AvgIpc) is 2.53. The molecule has 112 valence electrons. The van der Waals surface area contributed by atoms with Crippen molar-refractivity contribution in [2.24, 2.45) is 5.73 Å². The third kappa shape index (κ3) is 2.95. The van der Waals surface area contributed by atoms with Crippen molar-refractivity contribution in [3.05, 3.63) is 53.1 Å². The van der Waals surface area contributed by atoms with Crippen molar-refractivity contribution in [1.82, 2.24) is 0 Å². The Morgan fingerprint density at radius 1 is 0.857 bits per heavy atom. The van der Waals surface area contributed by atoms with Crippen LogP contribution in [0.4, 0.5) is 0 Å². The van der Waals surface area contributed by atoms with E-state index in [4.69, 9.17) is 19.9 Å². The quantitative estimate of drug-likeness (QED) is 0.918. The van der Waals surface area contributed by atoms with Gasteiger partial charge in [0.05, 0.1) is 32.9 Å². The van der Waals surface area contributed by atoms with Gasteiger partial charge in [-0.1, -0.05) is 18.2 Å². The maximum atomic E-state index is 6.43. The van der Waals surface area contributed by atoms with Crippen LogP contribution in [0.3, 0.4) is 0 Å². The topological polar surface area (TPSA) is 53.7 Å². The standard InChI is InChI=1S/C17H21NO3/c1-11-8-9-12(10-15(11)21-4)17(18)16-13(19-2)6-5-7-14(16)20-3/h5-10,17H,18H2,1-4H3. The van der Waals surface area contributed by atoms with Crippen molar-refractivity contribution in [2.75, 3.05) is 21.3 Å². The lowest BCUT2D eigenvalue weighted by Gasteiger charge is -2.20. The molecule has 0 amide bonds. The molecule has 0 bridgehead atoms. The van der Waals surface area contributed by atoms with Crippen LogP contribution in [0.5, 0.6) is 17.2 Å². The van der Waals surface area contributed by atoms with E-state index in [9.17, 15) is 0 Å². The monoisotopic (exact) mass is 287 g/mol. The highest BCUT2D eigenvalue weighted by molar-refractivity contribution is 5.51. The minimum Gasteiger partial charge on any atom is -0.496 e. The number of ether oxygens (including phenoxy) is 3. The van der Waals surface area contributed by atoms with Crippen LogP contribution in [-0.2, 0) is 0 Å². The van der Waals surface area contributed by atoms with E-state index in [2.05, 4.69) is 0 Å². The van der Waals surface area contributed by atoms with Crippen molar-refractivity contribution in [1.29, 1.82) is 0 Å². The van der Waals surface area contributed by atoms with Gasteiger partial charge in [0.15, 0.2) is 0 Å². The molecule has 0 aromatic heterocycles. The Bertz CT molecular complexity index is 603. The first-order valence-electron chi connectivity index (χ1n) is 6.73. The van der Waals surface area contributed by atoms with Gasteiger partial charge in [-0.05, 0) is 36.2 Å². The minimum absolute atomic E-state index is 0.356. The van der Waals surface area contributed by atoms with Crippen LogP contribution in [0.2, 0.25) is 0 Å². The van der Waals surface area contributed by atoms with Gasteiger partial charge in [0, 0.05) is 0 Å². The maximum Gasteiger partial charge on any atom is 0.127 e. The van der Waals surface area contributed by atoms with E-state index in [-0.39, 0.29) is 6.04 Å². The van der Waals surface area contributed by atoms with Crippen LogP contribution < -0.4 is 19.9 Å². The SMILES string of the molecule is COc1cc(C(N)c2c(OC)cccc2OC)ccc1C. The molecular formula is C17H21NO3. The van der Waals surface area contributed by atoms with Gasteiger partial charge in [-0.3, -0.25) is 0 Å². The summed E-state index contributed by atoms with van der Waals surface area (Å²) in [7, 11) is 4.91. The van der Waals surface area contributed by atoms with Crippen LogP contribution in [0.25, 0.3) is 0 Å². The molecule has 0 radical (unpaired) electrons. The molecule has 2 rings (SSSR count). The van der Waals surface area contributed by atoms with Gasteiger partial charge < -0.3 is 19.9 Å². The first kappa shape index (κ1) is 15.2. The molecular weight excluding hydrogens is 266 g/mol. The molecule has 0 aliphatic heterocycles. The van der Waals surface area contributed by atoms with E-state index in [1.807, 2.05) is 43.3 Å². The average molecular weight is 287 g/mol. The summed E-state index contributed by atoms with van der Waals surface area (Å²) < 4.78 is 16.2. The molecule has 0 saturated carbocycles. The second-order valence-electron chi connectivity index (χ2n) is 4.78. The number of benzene rings is 2. The molecule has 0 fully saturated rings. The highest BCUT2D eigenvalue weighted by Crippen LogP contribution is 2.37. The van der Waals surface area contributed by atoms with Gasteiger partial charge in [-0.2, -0.15) is 0 Å². The predicted molar refractivity (Wildman–Crippen MR) is 83.3 cm³/mol. The summed E-state index contributed by atoms with van der Waals surface area (Å²) in [5, 5.41) is 0. The Morgan fingerprint density at radius 2 is 1.43 bits per heavy atom. The molecule has 0 aliphatic rings. The molecule has 1 atom stereocenters. The summed E-state index contributed by atoms with van der Waals surface area (Å²) in [5.41, 5.74) is 9.27. The van der Waals surface area contributed by atoms with Gasteiger partial charge >= 0.3 is 0 Å². The summed E-state index contributed by atoms with van der Waals surface area (Å²) >= 11 is 0. The van der Waals surface area contributed by atoms with E-state index in [0.29, 0.717) is 11.5 Å². The Morgan fingerprint density at radius 3 is 1.95 bits per heavy atom. The molecule has 0 spiro atoms. The Balaban J connectivity index is 2.51. The Kier molecular flexibility index (Phi) is 4.70. The number of nitrogens with two attached hydrogens (primary N) is 1. The first-order chi connectivity index (χ1) is 10.1. The van der Waals surface area contributed by atoms with Crippen LogP contribution in [0, 0.1) is 6.92 Å². The van der Waals surface area contributed by atoms with Gasteiger partial charge in [0.25, 0.3) is 0 Å². The molecule has 21 heavy (non-hydrogen) atoms. The lowest BCUT2D eigenvalue weighted by molar-refractivity contribution is 0.382. The van der Waals surface area contributed by atoms with E-state index in [1.165, 1.54) is 0 Å². The van der Waals surface area contributed by atoms with Crippen molar-refractivity contribution < 1.29 is 14.2 Å². The Labute approximate surface area is 125 Å². The molecule has 2 aromatic rings. The fourth-order valence-corrected chi connectivity index (χ4v) is 2.38. The molecule has 2 aromatic carbocycles. The molecule has 2 N–H and O–H groups in total. The van der Waals surface area contributed by atoms with E-state index in [0.717, 1.165) is 22.4 Å². The number of hydrogen-bond acceptors (Lipinski definition) is 4. The number of hydrogen-bond donors (Lipinski definition) is 1. The lowest BCUT2D eigenvalue weighted by Crippen LogP contribution is -2.14. The smallest absolute Gasteiger partial charge is 0.127 e. The van der Waals surface area contributed by atoms with E-state index < -0.39 is 0 Å². The van der Waals surface area contributed by atoms with Crippen LogP contribution >= 0.6 is 0 Å². The largest absolute Gasteiger partial charge is 0.496 e. The molecule has 0 heterocycles. The second kappa shape index (κ2) is 6.50. The normalized spacial score (nSPS) is 11.9.